The molecule has 0 saturated carbocycles. The molecule has 0 saturated heterocycles. The smallest absolute Gasteiger partial charge is 0.335 e. The number of carboxylic acids is 1. The van der Waals surface area contributed by atoms with E-state index in [1.54, 1.807) is 25.3 Å². The summed E-state index contributed by atoms with van der Waals surface area (Å²) in [6, 6.07) is 12.7. The number of aromatic carboxylic acids is 1. The lowest BCUT2D eigenvalue weighted by Crippen LogP contribution is -2.31. The van der Waals surface area contributed by atoms with Crippen LogP contribution < -0.4 is 9.47 Å². The molecule has 0 fully saturated rings. The number of hydrogen-bond donors (Lipinski definition) is 2. The van der Waals surface area contributed by atoms with Crippen molar-refractivity contribution in [3.63, 3.8) is 0 Å². The number of nitrogens with zero attached hydrogens (tertiary/aromatic N) is 3. The molecule has 176 valence electrons. The number of carbonyl (C=O) groups is 1. The number of aromatic amines is 1. The van der Waals surface area contributed by atoms with Gasteiger partial charge in [-0.3, -0.25) is 4.90 Å². The van der Waals surface area contributed by atoms with Crippen LogP contribution in [0.15, 0.2) is 48.7 Å². The monoisotopic (exact) mass is 452 g/mol. The molecular formula is C25H32N4O4. The molecule has 1 heterocycles. The molecule has 8 nitrogen and oxygen atoms in total. The number of methoxy groups -OCH3 is 1. The maximum Gasteiger partial charge on any atom is 0.335 e. The van der Waals surface area contributed by atoms with E-state index >= 15 is 0 Å². The van der Waals surface area contributed by atoms with Crippen LogP contribution >= 0.6 is 0 Å². The molecule has 2 aromatic carbocycles. The van der Waals surface area contributed by atoms with Crippen LogP contribution in [0.1, 0.15) is 33.0 Å². The lowest BCUT2D eigenvalue weighted by atomic mass is 10.1. The zero-order valence-corrected chi connectivity index (χ0v) is 19.7. The van der Waals surface area contributed by atoms with E-state index in [4.69, 9.17) is 14.6 Å². The average Bonchev–Trinajstić information content (AvgIpc) is 3.21. The second-order valence-corrected chi connectivity index (χ2v) is 8.29. The highest BCUT2D eigenvalue weighted by atomic mass is 16.5. The highest BCUT2D eigenvalue weighted by Gasteiger charge is 2.13. The molecule has 0 aliphatic rings. The quantitative estimate of drug-likeness (QED) is 0.434. The van der Waals surface area contributed by atoms with E-state index in [2.05, 4.69) is 33.9 Å². The first-order valence-corrected chi connectivity index (χ1v) is 10.8. The second-order valence-electron chi connectivity index (χ2n) is 8.29. The Kier molecular flexibility index (Phi) is 8.46. The summed E-state index contributed by atoms with van der Waals surface area (Å²) in [5.41, 5.74) is 3.22. The van der Waals surface area contributed by atoms with Gasteiger partial charge in [-0.25, -0.2) is 9.78 Å². The minimum Gasteiger partial charge on any atom is -0.493 e. The first kappa shape index (κ1) is 24.3. The lowest BCUT2D eigenvalue weighted by Gasteiger charge is -2.24. The van der Waals surface area contributed by atoms with Crippen molar-refractivity contribution in [2.75, 3.05) is 34.3 Å². The van der Waals surface area contributed by atoms with Crippen LogP contribution in [0.2, 0.25) is 0 Å². The number of aromatic nitrogens is 2. The van der Waals surface area contributed by atoms with Gasteiger partial charge < -0.3 is 24.5 Å². The number of benzene rings is 2. The molecule has 3 aromatic rings. The molecule has 0 aliphatic carbocycles. The van der Waals surface area contributed by atoms with Crippen molar-refractivity contribution >= 4 is 5.97 Å². The van der Waals surface area contributed by atoms with Crippen molar-refractivity contribution in [1.29, 1.82) is 0 Å². The number of likely N-dealkylation sites (N-methyl/N-ethyl adjacent to an activating group) is 1. The molecule has 0 unspecified atom stereocenters. The van der Waals surface area contributed by atoms with Crippen LogP contribution in [0.4, 0.5) is 0 Å². The summed E-state index contributed by atoms with van der Waals surface area (Å²) < 4.78 is 11.5. The molecule has 0 aliphatic heterocycles. The molecule has 3 rings (SSSR count). The highest BCUT2D eigenvalue weighted by molar-refractivity contribution is 5.87. The van der Waals surface area contributed by atoms with Gasteiger partial charge in [0, 0.05) is 38.1 Å². The van der Waals surface area contributed by atoms with E-state index < -0.39 is 5.97 Å². The molecule has 0 radical (unpaired) electrons. The molecular weight excluding hydrogens is 420 g/mol. The normalized spacial score (nSPS) is 11.2. The Bertz CT molecular complexity index is 1060. The van der Waals surface area contributed by atoms with Crippen molar-refractivity contribution in [3.05, 3.63) is 76.9 Å². The third kappa shape index (κ3) is 7.34. The van der Waals surface area contributed by atoms with E-state index in [0.717, 1.165) is 48.8 Å². The maximum absolute atomic E-state index is 11.2. The zero-order valence-electron chi connectivity index (χ0n) is 19.7. The second kappa shape index (κ2) is 11.5. The van der Waals surface area contributed by atoms with E-state index in [-0.39, 0.29) is 12.2 Å². The highest BCUT2D eigenvalue weighted by Crippen LogP contribution is 2.29. The Labute approximate surface area is 194 Å². The third-order valence-electron chi connectivity index (χ3n) is 5.22. The van der Waals surface area contributed by atoms with Crippen LogP contribution in [0.3, 0.4) is 0 Å². The van der Waals surface area contributed by atoms with Gasteiger partial charge in [0.25, 0.3) is 0 Å². The summed E-state index contributed by atoms with van der Waals surface area (Å²) in [5, 5.41) is 9.17. The minimum absolute atomic E-state index is 0.240. The Morgan fingerprint density at radius 1 is 1.06 bits per heavy atom. The summed E-state index contributed by atoms with van der Waals surface area (Å²) in [6.07, 6.45) is 1.88. The average molecular weight is 453 g/mol. The number of aryl methyl sites for hydroxylation is 1. The molecule has 8 heteroatoms. The van der Waals surface area contributed by atoms with Crippen molar-refractivity contribution in [1.82, 2.24) is 19.8 Å². The topological polar surface area (TPSA) is 90.9 Å². The van der Waals surface area contributed by atoms with Gasteiger partial charge in [-0.05, 0) is 56.4 Å². The standard InChI is InChI=1S/C25H32N4O4/c1-18-26-14-22(27-18)16-29(11-10-28(2)3)15-19-8-9-23(24(13-19)32-4)33-17-20-6-5-7-21(12-20)25(30)31/h5-9,12-14H,10-11,15-17H2,1-4H3,(H,26,27)(H,30,31). The molecule has 0 bridgehead atoms. The van der Waals surface area contributed by atoms with Crippen LogP contribution in [-0.4, -0.2) is 65.1 Å². The summed E-state index contributed by atoms with van der Waals surface area (Å²) in [7, 11) is 5.76. The van der Waals surface area contributed by atoms with Gasteiger partial charge in [0.1, 0.15) is 12.4 Å². The molecule has 1 aromatic heterocycles. The molecule has 0 atom stereocenters. The maximum atomic E-state index is 11.2. The van der Waals surface area contributed by atoms with Crippen LogP contribution in [0.25, 0.3) is 0 Å². The summed E-state index contributed by atoms with van der Waals surface area (Å²) >= 11 is 0. The van der Waals surface area contributed by atoms with Crippen molar-refractivity contribution < 1.29 is 19.4 Å². The van der Waals surface area contributed by atoms with Gasteiger partial charge in [0.15, 0.2) is 11.5 Å². The number of nitrogens with one attached hydrogen (secondary N) is 1. The summed E-state index contributed by atoms with van der Waals surface area (Å²) in [5.74, 6) is 1.22. The first-order valence-electron chi connectivity index (χ1n) is 10.8. The summed E-state index contributed by atoms with van der Waals surface area (Å²) in [4.78, 5) is 23.3. The number of ether oxygens (including phenoxy) is 2. The Hall–Kier alpha value is -3.36. The summed E-state index contributed by atoms with van der Waals surface area (Å²) in [6.45, 7) is 5.59. The Morgan fingerprint density at radius 2 is 1.88 bits per heavy atom. The number of imidazole rings is 1. The molecule has 33 heavy (non-hydrogen) atoms. The minimum atomic E-state index is -0.956. The molecule has 0 amide bonds. The van der Waals surface area contributed by atoms with Gasteiger partial charge in [-0.15, -0.1) is 0 Å². The lowest BCUT2D eigenvalue weighted by molar-refractivity contribution is 0.0696. The van der Waals surface area contributed by atoms with E-state index in [0.29, 0.717) is 11.5 Å². The predicted octanol–water partition coefficient (Wildman–Crippen LogP) is 3.57. The predicted molar refractivity (Wildman–Crippen MR) is 127 cm³/mol. The molecule has 0 spiro atoms. The number of hydrogen-bond acceptors (Lipinski definition) is 6. The largest absolute Gasteiger partial charge is 0.493 e. The van der Waals surface area contributed by atoms with Crippen molar-refractivity contribution in [2.45, 2.75) is 26.6 Å². The van der Waals surface area contributed by atoms with Crippen molar-refractivity contribution in [3.8, 4) is 11.5 Å². The van der Waals surface area contributed by atoms with Crippen LogP contribution in [0, 0.1) is 6.92 Å². The fourth-order valence-corrected chi connectivity index (χ4v) is 3.49. The van der Waals surface area contributed by atoms with Gasteiger partial charge in [0.2, 0.25) is 0 Å². The van der Waals surface area contributed by atoms with Gasteiger partial charge in [-0.1, -0.05) is 18.2 Å². The van der Waals surface area contributed by atoms with E-state index in [1.165, 1.54) is 0 Å². The van der Waals surface area contributed by atoms with E-state index in [1.807, 2.05) is 37.4 Å². The number of H-pyrrole nitrogens is 1. The fourth-order valence-electron chi connectivity index (χ4n) is 3.49. The van der Waals surface area contributed by atoms with Gasteiger partial charge in [-0.2, -0.15) is 0 Å². The third-order valence-corrected chi connectivity index (χ3v) is 5.22. The fraction of sp³-hybridized carbons (Fsp3) is 0.360. The van der Waals surface area contributed by atoms with Crippen LogP contribution in [-0.2, 0) is 19.7 Å². The zero-order chi connectivity index (χ0) is 23.8. The van der Waals surface area contributed by atoms with Crippen molar-refractivity contribution in [2.24, 2.45) is 0 Å². The van der Waals surface area contributed by atoms with Gasteiger partial charge >= 0.3 is 5.97 Å². The molecule has 2 N–H and O–H groups in total. The van der Waals surface area contributed by atoms with E-state index in [9.17, 15) is 4.79 Å². The SMILES string of the molecule is COc1cc(CN(CCN(C)C)Cc2cnc(C)[nH]2)ccc1OCc1cccc(C(=O)O)c1. The number of carboxylic acid groups (broad SMARTS) is 1. The van der Waals surface area contributed by atoms with Crippen LogP contribution in [0.5, 0.6) is 11.5 Å². The van der Waals surface area contributed by atoms with Gasteiger partial charge in [0.05, 0.1) is 12.7 Å². The Morgan fingerprint density at radius 3 is 2.55 bits per heavy atom. The number of rotatable bonds is 12. The first-order chi connectivity index (χ1) is 15.8. The Balaban J connectivity index is 1.69.